The monoisotopic (exact) mass is 335 g/mol. The molecule has 0 aromatic heterocycles. The molecule has 0 atom stereocenters. The quantitative estimate of drug-likeness (QED) is 0.491. The van der Waals surface area contributed by atoms with Gasteiger partial charge in [-0.25, -0.2) is 4.79 Å². The molecule has 0 bridgehead atoms. The molecule has 138 valence electrons. The van der Waals surface area contributed by atoms with Gasteiger partial charge in [0.25, 0.3) is 0 Å². The number of hydrogen-bond acceptors (Lipinski definition) is 2. The number of rotatable bonds is 0. The first-order chi connectivity index (χ1) is 11.4. The van der Waals surface area contributed by atoms with Gasteiger partial charge in [0, 0.05) is 6.54 Å². The number of hydrogen-bond donors (Lipinski definition) is 0. The van der Waals surface area contributed by atoms with E-state index >= 15 is 0 Å². The maximum atomic E-state index is 12.9. The average molecular weight is 336 g/mol. The van der Waals surface area contributed by atoms with Gasteiger partial charge in [-0.05, 0) is 46.5 Å². The van der Waals surface area contributed by atoms with Gasteiger partial charge in [-0.1, -0.05) is 63.5 Å². The Hall–Kier alpha value is -0.990. The van der Waals surface area contributed by atoms with Crippen LogP contribution in [0, 0.1) is 0 Å². The highest BCUT2D eigenvalue weighted by Gasteiger charge is 2.41. The number of carbonyl (C=O) groups is 1. The molecule has 1 spiro atoms. The van der Waals surface area contributed by atoms with E-state index in [0.29, 0.717) is 0 Å². The Morgan fingerprint density at radius 1 is 0.875 bits per heavy atom. The fourth-order valence-electron chi connectivity index (χ4n) is 4.05. The van der Waals surface area contributed by atoms with E-state index in [1.54, 1.807) is 0 Å². The van der Waals surface area contributed by atoms with Crippen molar-refractivity contribution in [3.05, 3.63) is 12.2 Å². The van der Waals surface area contributed by atoms with Gasteiger partial charge in [0.05, 0.1) is 5.54 Å². The molecular weight excluding hydrogens is 298 g/mol. The first-order valence-electron chi connectivity index (χ1n) is 10.1. The van der Waals surface area contributed by atoms with Crippen LogP contribution in [0.5, 0.6) is 0 Å². The second kappa shape index (κ2) is 8.92. The highest BCUT2D eigenvalue weighted by molar-refractivity contribution is 5.69. The molecule has 2 rings (SSSR count). The number of ether oxygens (including phenoxy) is 1. The summed E-state index contributed by atoms with van der Waals surface area (Å²) in [5.41, 5.74) is -0.456. The van der Waals surface area contributed by atoms with Gasteiger partial charge in [0.1, 0.15) is 5.60 Å². The average Bonchev–Trinajstić information content (AvgIpc) is 2.96. The maximum Gasteiger partial charge on any atom is 0.410 e. The third kappa shape index (κ3) is 5.82. The van der Waals surface area contributed by atoms with Crippen molar-refractivity contribution in [1.29, 1.82) is 0 Å². The molecule has 3 nitrogen and oxygen atoms in total. The van der Waals surface area contributed by atoms with E-state index in [0.717, 1.165) is 32.2 Å². The van der Waals surface area contributed by atoms with Gasteiger partial charge in [-0.2, -0.15) is 0 Å². The van der Waals surface area contributed by atoms with E-state index in [4.69, 9.17) is 4.74 Å². The molecule has 0 saturated carbocycles. The molecule has 2 aliphatic rings. The second-order valence-electron chi connectivity index (χ2n) is 8.67. The first-order valence-corrected chi connectivity index (χ1v) is 10.1. The molecule has 24 heavy (non-hydrogen) atoms. The zero-order chi connectivity index (χ0) is 17.5. The molecular formula is C21H37NO2. The number of amides is 1. The van der Waals surface area contributed by atoms with Crippen LogP contribution in [-0.4, -0.2) is 28.7 Å². The molecule has 3 heteroatoms. The van der Waals surface area contributed by atoms with Crippen LogP contribution in [-0.2, 0) is 4.74 Å². The summed E-state index contributed by atoms with van der Waals surface area (Å²) in [5, 5.41) is 0. The summed E-state index contributed by atoms with van der Waals surface area (Å²) in [6, 6.07) is 0. The maximum absolute atomic E-state index is 12.9. The largest absolute Gasteiger partial charge is 0.444 e. The lowest BCUT2D eigenvalue weighted by atomic mass is 9.87. The molecule has 0 N–H and O–H groups in total. The molecule has 0 aromatic carbocycles. The Bertz CT molecular complexity index is 414. The standard InChI is InChI=1S/C21H37NO2/c1-20(2,3)24-19(23)22-18-14-10-8-6-4-5-7-9-11-15-21(22)16-12-13-17-21/h12-13H,4-11,14-18H2,1-3H3. The van der Waals surface area contributed by atoms with Crippen LogP contribution in [0.25, 0.3) is 0 Å². The smallest absolute Gasteiger partial charge is 0.410 e. The van der Waals surface area contributed by atoms with Crippen LogP contribution in [0.4, 0.5) is 4.79 Å². The summed E-state index contributed by atoms with van der Waals surface area (Å²) < 4.78 is 5.77. The van der Waals surface area contributed by atoms with Crippen LogP contribution in [0.3, 0.4) is 0 Å². The fraction of sp³-hybridized carbons (Fsp3) is 0.857. The highest BCUT2D eigenvalue weighted by Crippen LogP contribution is 2.37. The van der Waals surface area contributed by atoms with E-state index < -0.39 is 5.60 Å². The van der Waals surface area contributed by atoms with Crippen LogP contribution in [0.15, 0.2) is 12.2 Å². The third-order valence-corrected chi connectivity index (χ3v) is 5.37. The van der Waals surface area contributed by atoms with Crippen molar-refractivity contribution in [2.45, 2.75) is 109 Å². The molecule has 1 amide bonds. The molecule has 1 saturated heterocycles. The van der Waals surface area contributed by atoms with Gasteiger partial charge in [-0.3, -0.25) is 0 Å². The van der Waals surface area contributed by atoms with Crippen molar-refractivity contribution < 1.29 is 9.53 Å². The van der Waals surface area contributed by atoms with Crippen LogP contribution in [0.1, 0.15) is 97.8 Å². The minimum atomic E-state index is -0.425. The zero-order valence-corrected chi connectivity index (χ0v) is 16.1. The Morgan fingerprint density at radius 2 is 1.38 bits per heavy atom. The van der Waals surface area contributed by atoms with Crippen molar-refractivity contribution >= 4 is 6.09 Å². The summed E-state index contributed by atoms with van der Waals surface area (Å²) in [7, 11) is 0. The van der Waals surface area contributed by atoms with Crippen molar-refractivity contribution in [3.63, 3.8) is 0 Å². The highest BCUT2D eigenvalue weighted by atomic mass is 16.6. The summed E-state index contributed by atoms with van der Waals surface area (Å²) in [6.07, 6.45) is 19.1. The first kappa shape index (κ1) is 19.3. The van der Waals surface area contributed by atoms with Crippen molar-refractivity contribution in [1.82, 2.24) is 4.90 Å². The predicted octanol–water partition coefficient (Wildman–Crippen LogP) is 6.23. The van der Waals surface area contributed by atoms with E-state index in [9.17, 15) is 4.79 Å². The molecule has 1 heterocycles. The van der Waals surface area contributed by atoms with Crippen molar-refractivity contribution in [3.8, 4) is 0 Å². The SMILES string of the molecule is CC(C)(C)OC(=O)N1CCCCCCCCCCCC12CC=CC2. The molecule has 0 radical (unpaired) electrons. The number of nitrogens with zero attached hydrogens (tertiary/aromatic N) is 1. The summed E-state index contributed by atoms with van der Waals surface area (Å²) in [5.74, 6) is 0. The van der Waals surface area contributed by atoms with Crippen molar-refractivity contribution in [2.75, 3.05) is 6.54 Å². The molecule has 1 aliphatic heterocycles. The fourth-order valence-corrected chi connectivity index (χ4v) is 4.05. The minimum absolute atomic E-state index is 0.0314. The Morgan fingerprint density at radius 3 is 1.92 bits per heavy atom. The molecule has 1 aliphatic carbocycles. The minimum Gasteiger partial charge on any atom is -0.444 e. The van der Waals surface area contributed by atoms with E-state index in [1.165, 1.54) is 51.4 Å². The zero-order valence-electron chi connectivity index (χ0n) is 16.1. The van der Waals surface area contributed by atoms with E-state index in [1.807, 2.05) is 20.8 Å². The normalized spacial score (nSPS) is 23.4. The number of carbonyl (C=O) groups excluding carboxylic acids is 1. The Balaban J connectivity index is 2.12. The Labute approximate surface area is 148 Å². The van der Waals surface area contributed by atoms with Gasteiger partial charge < -0.3 is 9.64 Å². The van der Waals surface area contributed by atoms with Gasteiger partial charge in [0.2, 0.25) is 0 Å². The van der Waals surface area contributed by atoms with Crippen LogP contribution >= 0.6 is 0 Å². The topological polar surface area (TPSA) is 29.5 Å². The van der Waals surface area contributed by atoms with Gasteiger partial charge in [-0.15, -0.1) is 0 Å². The summed E-state index contributed by atoms with van der Waals surface area (Å²) in [4.78, 5) is 15.0. The van der Waals surface area contributed by atoms with Gasteiger partial charge in [0.15, 0.2) is 0 Å². The van der Waals surface area contributed by atoms with Gasteiger partial charge >= 0.3 is 6.09 Å². The van der Waals surface area contributed by atoms with Crippen LogP contribution < -0.4 is 0 Å². The molecule has 0 unspecified atom stereocenters. The van der Waals surface area contributed by atoms with Crippen LogP contribution in [0.2, 0.25) is 0 Å². The molecule has 1 fully saturated rings. The Kier molecular flexibility index (Phi) is 7.18. The lowest BCUT2D eigenvalue weighted by Gasteiger charge is -2.42. The molecule has 0 aromatic rings. The van der Waals surface area contributed by atoms with Crippen molar-refractivity contribution in [2.24, 2.45) is 0 Å². The second-order valence-corrected chi connectivity index (χ2v) is 8.67. The summed E-state index contributed by atoms with van der Waals surface area (Å²) in [6.45, 7) is 6.73. The van der Waals surface area contributed by atoms with E-state index in [2.05, 4.69) is 17.1 Å². The lowest BCUT2D eigenvalue weighted by molar-refractivity contribution is -0.00467. The third-order valence-electron chi connectivity index (χ3n) is 5.37. The van der Waals surface area contributed by atoms with E-state index in [-0.39, 0.29) is 11.6 Å². The predicted molar refractivity (Wildman–Crippen MR) is 100 cm³/mol. The lowest BCUT2D eigenvalue weighted by Crippen LogP contribution is -2.52. The summed E-state index contributed by atoms with van der Waals surface area (Å²) >= 11 is 0.